The Balaban J connectivity index is 1.84. The topological polar surface area (TPSA) is 6.48 Å². The normalized spacial score (nSPS) is 13.3. The standard InChI is InChI=1S/C73H104N2Si3/c1-25-76-57-37-48(6)36-54(43-57)75(55-39-51(70(13,14)15)38-52(40-55)71(16,17)18)67-61-34-31-49(68(7,8)9)41-62(61)66(60-33-30-50(42-63(60)67)69(10,11)12)74(53-32-35-64(72(19,20)21)65(46-53)73(22,23)24)56-44-58(77(26-2)27-3)47-59(45-56)78(28-4)29-5/h30-47,77-78H,25-29,76H2,1-24H3. The summed E-state index contributed by atoms with van der Waals surface area (Å²) >= 11 is 0. The van der Waals surface area contributed by atoms with Crippen molar-refractivity contribution in [1.82, 2.24) is 0 Å². The third-order valence-corrected chi connectivity index (χ3v) is 25.1. The zero-order chi connectivity index (χ0) is 57.8. The Hall–Kier alpha value is -4.69. The lowest BCUT2D eigenvalue weighted by Crippen LogP contribution is -2.37. The molecular weight excluding hydrogens is 989 g/mol. The van der Waals surface area contributed by atoms with E-state index in [1.807, 2.05) is 0 Å². The molecule has 7 aromatic rings. The third kappa shape index (κ3) is 12.9. The van der Waals surface area contributed by atoms with Gasteiger partial charge in [0, 0.05) is 44.3 Å². The first-order valence-electron chi connectivity index (χ1n) is 30.4. The van der Waals surface area contributed by atoms with Crippen LogP contribution in [0.25, 0.3) is 21.5 Å². The fourth-order valence-corrected chi connectivity index (χ4v) is 18.4. The van der Waals surface area contributed by atoms with Gasteiger partial charge in [-0.15, -0.1) is 0 Å². The van der Waals surface area contributed by atoms with Crippen molar-refractivity contribution in [3.63, 3.8) is 0 Å². The van der Waals surface area contributed by atoms with E-state index in [0.717, 1.165) is 0 Å². The van der Waals surface area contributed by atoms with Gasteiger partial charge in [0.1, 0.15) is 0 Å². The van der Waals surface area contributed by atoms with Gasteiger partial charge >= 0.3 is 0 Å². The van der Waals surface area contributed by atoms with Gasteiger partial charge in [0.25, 0.3) is 0 Å². The molecule has 5 heteroatoms. The lowest BCUT2D eigenvalue weighted by Gasteiger charge is -2.37. The molecule has 0 fully saturated rings. The van der Waals surface area contributed by atoms with E-state index >= 15 is 0 Å². The third-order valence-electron chi connectivity index (χ3n) is 17.1. The molecule has 418 valence electrons. The van der Waals surface area contributed by atoms with Crippen molar-refractivity contribution in [2.75, 3.05) is 9.80 Å². The van der Waals surface area contributed by atoms with Crippen molar-refractivity contribution in [1.29, 1.82) is 0 Å². The second kappa shape index (κ2) is 22.7. The number of anilines is 6. The second-order valence-corrected chi connectivity index (χ2v) is 39.4. The highest BCUT2D eigenvalue weighted by Gasteiger charge is 2.33. The van der Waals surface area contributed by atoms with Gasteiger partial charge in [-0.05, 0) is 139 Å². The van der Waals surface area contributed by atoms with Crippen LogP contribution in [0.15, 0.2) is 109 Å². The fraction of sp³-hybridized carbons (Fsp3) is 0.479. The van der Waals surface area contributed by atoms with Gasteiger partial charge in [-0.1, -0.05) is 254 Å². The molecule has 0 saturated carbocycles. The van der Waals surface area contributed by atoms with Crippen LogP contribution in [0.2, 0.25) is 30.2 Å². The summed E-state index contributed by atoms with van der Waals surface area (Å²) in [4.78, 5) is 5.50. The van der Waals surface area contributed by atoms with Gasteiger partial charge in [0.2, 0.25) is 0 Å². The first kappa shape index (κ1) is 60.9. The lowest BCUT2D eigenvalue weighted by atomic mass is 9.75. The number of nitrogens with zero attached hydrogens (tertiary/aromatic N) is 2. The second-order valence-electron chi connectivity index (χ2n) is 29.7. The molecular formula is C73H104N2Si3. The van der Waals surface area contributed by atoms with Crippen molar-refractivity contribution in [3.8, 4) is 0 Å². The van der Waals surface area contributed by atoms with Crippen LogP contribution in [0.1, 0.15) is 198 Å². The fourth-order valence-electron chi connectivity index (χ4n) is 12.1. The predicted molar refractivity (Wildman–Crippen MR) is 362 cm³/mol. The summed E-state index contributed by atoms with van der Waals surface area (Å²) in [5, 5.41) is 9.91. The molecule has 0 N–H and O–H groups in total. The van der Waals surface area contributed by atoms with E-state index in [1.165, 1.54) is 130 Å². The molecule has 0 atom stereocenters. The number of aryl methyl sites for hydroxylation is 1. The SMILES string of the molecule is CC[SiH2]c1cc(C)cc(N(c2cc(C(C)(C)C)cc(C(C)(C)C)c2)c2c3ccc(C(C)(C)C)cc3c(N(c3cc([SiH](CC)CC)cc([SiH](CC)CC)c3)c3ccc(C(C)(C)C)c(C(C)(C)C)c3)c3ccc(C(C)(C)C)cc23)c1. The smallest absolute Gasteiger partial charge is 0.0703 e. The van der Waals surface area contributed by atoms with Crippen molar-refractivity contribution in [2.24, 2.45) is 0 Å². The summed E-state index contributed by atoms with van der Waals surface area (Å²) in [5.41, 5.74) is 16.7. The summed E-state index contributed by atoms with van der Waals surface area (Å²) in [6.07, 6.45) is 0. The molecule has 0 radical (unpaired) electrons. The zero-order valence-corrected chi connectivity index (χ0v) is 57.4. The van der Waals surface area contributed by atoms with Crippen LogP contribution in [0.5, 0.6) is 0 Å². The summed E-state index contributed by atoms with van der Waals surface area (Å²) < 4.78 is 0. The maximum atomic E-state index is 2.78. The molecule has 0 aromatic heterocycles. The molecule has 2 nitrogen and oxygen atoms in total. The number of hydrogen-bond donors (Lipinski definition) is 0. The highest BCUT2D eigenvalue weighted by Crippen LogP contribution is 2.54. The van der Waals surface area contributed by atoms with Crippen LogP contribution in [0.4, 0.5) is 34.1 Å². The maximum absolute atomic E-state index is 2.78. The zero-order valence-electron chi connectivity index (χ0n) is 53.7. The van der Waals surface area contributed by atoms with Gasteiger partial charge < -0.3 is 9.80 Å². The van der Waals surface area contributed by atoms with Crippen LogP contribution >= 0.6 is 0 Å². The Labute approximate surface area is 482 Å². The number of fused-ring (bicyclic) bond motifs is 2. The van der Waals surface area contributed by atoms with E-state index in [9.17, 15) is 0 Å². The van der Waals surface area contributed by atoms with Gasteiger partial charge in [0.05, 0.1) is 38.5 Å². The highest BCUT2D eigenvalue weighted by molar-refractivity contribution is 6.76. The molecule has 0 aliphatic rings. The minimum Gasteiger partial charge on any atom is -0.309 e. The summed E-state index contributed by atoms with van der Waals surface area (Å²) in [5.74, 6) is 0. The highest BCUT2D eigenvalue weighted by atomic mass is 28.3. The van der Waals surface area contributed by atoms with E-state index in [-0.39, 0.29) is 32.5 Å². The van der Waals surface area contributed by atoms with Gasteiger partial charge in [-0.3, -0.25) is 0 Å². The van der Waals surface area contributed by atoms with Crippen molar-refractivity contribution in [2.45, 2.75) is 229 Å². The Morgan fingerprint density at radius 1 is 0.346 bits per heavy atom. The molecule has 0 amide bonds. The van der Waals surface area contributed by atoms with Gasteiger partial charge in [-0.25, -0.2) is 0 Å². The molecule has 0 saturated heterocycles. The van der Waals surface area contributed by atoms with Crippen molar-refractivity contribution >= 4 is 98.3 Å². The first-order chi connectivity index (χ1) is 36.1. The molecule has 7 rings (SSSR count). The van der Waals surface area contributed by atoms with Crippen LogP contribution in [0.3, 0.4) is 0 Å². The average molecular weight is 1090 g/mol. The minimum absolute atomic E-state index is 0.0247. The minimum atomic E-state index is -1.27. The lowest BCUT2D eigenvalue weighted by molar-refractivity contribution is 0.530. The number of hydrogen-bond acceptors (Lipinski definition) is 2. The Morgan fingerprint density at radius 3 is 1.15 bits per heavy atom. The molecule has 0 heterocycles. The largest absolute Gasteiger partial charge is 0.309 e. The molecule has 0 aliphatic heterocycles. The van der Waals surface area contributed by atoms with Crippen LogP contribution in [-0.4, -0.2) is 27.1 Å². The van der Waals surface area contributed by atoms with E-state index in [4.69, 9.17) is 0 Å². The maximum Gasteiger partial charge on any atom is 0.0703 e. The Kier molecular flexibility index (Phi) is 17.7. The van der Waals surface area contributed by atoms with Gasteiger partial charge in [0.15, 0.2) is 0 Å². The van der Waals surface area contributed by atoms with Crippen LogP contribution in [0, 0.1) is 6.92 Å². The van der Waals surface area contributed by atoms with Crippen molar-refractivity contribution < 1.29 is 0 Å². The van der Waals surface area contributed by atoms with E-state index in [0.29, 0.717) is 0 Å². The summed E-state index contributed by atoms with van der Waals surface area (Å²) in [6, 6.07) is 52.2. The number of benzene rings is 7. The molecule has 0 spiro atoms. The molecule has 78 heavy (non-hydrogen) atoms. The van der Waals surface area contributed by atoms with E-state index in [1.54, 1.807) is 10.4 Å². The molecule has 0 bridgehead atoms. The quantitative estimate of drug-likeness (QED) is 0.0608. The average Bonchev–Trinajstić information content (AvgIpc) is 3.54. The van der Waals surface area contributed by atoms with E-state index in [2.05, 4.69) is 285 Å². The summed E-state index contributed by atoms with van der Waals surface area (Å²) in [6.45, 7) is 57.6. The van der Waals surface area contributed by atoms with Crippen LogP contribution < -0.4 is 25.4 Å². The molecule has 0 unspecified atom stereocenters. The van der Waals surface area contributed by atoms with Gasteiger partial charge in [-0.2, -0.15) is 0 Å². The van der Waals surface area contributed by atoms with Crippen molar-refractivity contribution in [3.05, 3.63) is 148 Å². The monoisotopic (exact) mass is 1090 g/mol. The number of rotatable bonds is 14. The Bertz CT molecular complexity index is 3210. The first-order valence-corrected chi connectivity index (χ1v) is 36.5. The Morgan fingerprint density at radius 2 is 0.756 bits per heavy atom. The van der Waals surface area contributed by atoms with E-state index < -0.39 is 27.1 Å². The van der Waals surface area contributed by atoms with Crippen LogP contribution in [-0.2, 0) is 32.5 Å². The molecule has 0 aliphatic carbocycles. The molecule has 7 aromatic carbocycles. The summed E-state index contributed by atoms with van der Waals surface area (Å²) in [7, 11) is -3.02. The predicted octanol–water partition coefficient (Wildman–Crippen LogP) is 19.2.